The van der Waals surface area contributed by atoms with E-state index in [9.17, 15) is 4.79 Å². The van der Waals surface area contributed by atoms with E-state index < -0.39 is 5.91 Å². The fourth-order valence-corrected chi connectivity index (χ4v) is 3.15. The van der Waals surface area contributed by atoms with Gasteiger partial charge in [-0.3, -0.25) is 4.79 Å². The Bertz CT molecular complexity index is 919. The zero-order valence-electron chi connectivity index (χ0n) is 15.5. The number of para-hydroxylation sites is 1. The van der Waals surface area contributed by atoms with Gasteiger partial charge in [-0.2, -0.15) is 0 Å². The lowest BCUT2D eigenvalue weighted by Gasteiger charge is -2.10. The maximum absolute atomic E-state index is 11.4. The summed E-state index contributed by atoms with van der Waals surface area (Å²) < 4.78 is 1.90. The number of primary amides is 1. The number of nitrogens with two attached hydrogens (primary N) is 2. The van der Waals surface area contributed by atoms with Crippen molar-refractivity contribution in [1.29, 1.82) is 0 Å². The second-order valence-electron chi connectivity index (χ2n) is 6.67. The number of fused-ring (bicyclic) bond motifs is 1. The molecule has 1 aliphatic rings. The molecule has 8 nitrogen and oxygen atoms in total. The number of aryl methyl sites for hydroxylation is 1. The quantitative estimate of drug-likeness (QED) is 0.653. The molecule has 0 spiro atoms. The second-order valence-corrected chi connectivity index (χ2v) is 6.67. The Morgan fingerprint density at radius 3 is 2.37 bits per heavy atom. The predicted octanol–water partition coefficient (Wildman–Crippen LogP) is 3.13. The number of hydrogen-bond donors (Lipinski definition) is 3. The summed E-state index contributed by atoms with van der Waals surface area (Å²) >= 11 is 0. The molecule has 1 aliphatic carbocycles. The van der Waals surface area contributed by atoms with Crippen LogP contribution in [0.4, 0.5) is 17.2 Å². The molecule has 27 heavy (non-hydrogen) atoms. The summed E-state index contributed by atoms with van der Waals surface area (Å²) in [6, 6.07) is 7.18. The molecule has 8 heteroatoms. The van der Waals surface area contributed by atoms with Crippen molar-refractivity contribution in [2.45, 2.75) is 38.5 Å². The van der Waals surface area contributed by atoms with Crippen molar-refractivity contribution in [2.75, 3.05) is 11.1 Å². The van der Waals surface area contributed by atoms with Gasteiger partial charge in [0.2, 0.25) is 0 Å². The molecule has 0 saturated heterocycles. The monoisotopic (exact) mass is 367 g/mol. The number of carbonyl (C=O) groups excluding carboxylic acids is 1. The van der Waals surface area contributed by atoms with Gasteiger partial charge in [-0.15, -0.1) is 10.2 Å². The van der Waals surface area contributed by atoms with Gasteiger partial charge in [-0.1, -0.05) is 44.6 Å². The van der Waals surface area contributed by atoms with Gasteiger partial charge in [-0.05, 0) is 12.1 Å². The summed E-state index contributed by atoms with van der Waals surface area (Å²) in [7, 11) is 1.90. The molecule has 1 aromatic carbocycles. The van der Waals surface area contributed by atoms with Crippen LogP contribution < -0.4 is 16.8 Å². The van der Waals surface area contributed by atoms with Crippen molar-refractivity contribution in [3.05, 3.63) is 36.3 Å². The van der Waals surface area contributed by atoms with E-state index in [0.29, 0.717) is 5.69 Å². The van der Waals surface area contributed by atoms with Crippen molar-refractivity contribution in [3.63, 3.8) is 0 Å². The number of rotatable bonds is 3. The molecule has 142 valence electrons. The normalized spacial score (nSPS) is 13.7. The minimum atomic E-state index is -0.682. The number of benzene rings is 1. The van der Waals surface area contributed by atoms with Crippen LogP contribution in [0.15, 0.2) is 30.6 Å². The molecule has 2 aromatic heterocycles. The molecule has 5 N–H and O–H groups in total. The molecule has 0 atom stereocenters. The van der Waals surface area contributed by atoms with Crippen LogP contribution in [-0.2, 0) is 7.05 Å². The van der Waals surface area contributed by atoms with Gasteiger partial charge >= 0.3 is 0 Å². The van der Waals surface area contributed by atoms with Crippen molar-refractivity contribution in [3.8, 4) is 0 Å². The van der Waals surface area contributed by atoms with Gasteiger partial charge in [-0.25, -0.2) is 4.98 Å². The molecular weight excluding hydrogens is 342 g/mol. The first kappa shape index (κ1) is 18.6. The molecule has 0 aliphatic heterocycles. The number of nitrogens with one attached hydrogen (secondary N) is 1. The van der Waals surface area contributed by atoms with Crippen LogP contribution >= 0.6 is 0 Å². The summed E-state index contributed by atoms with van der Waals surface area (Å²) in [5.41, 5.74) is 13.8. The summed E-state index contributed by atoms with van der Waals surface area (Å²) in [5.74, 6) is -0.492. The first-order valence-electron chi connectivity index (χ1n) is 9.16. The van der Waals surface area contributed by atoms with Crippen molar-refractivity contribution >= 4 is 34.1 Å². The van der Waals surface area contributed by atoms with Crippen LogP contribution in [-0.4, -0.2) is 25.7 Å². The maximum Gasteiger partial charge on any atom is 0.271 e. The molecule has 2 heterocycles. The predicted molar refractivity (Wildman–Crippen MR) is 107 cm³/mol. The minimum absolute atomic E-state index is 0.0251. The van der Waals surface area contributed by atoms with Crippen LogP contribution in [0.2, 0.25) is 0 Å². The molecule has 3 aromatic rings. The van der Waals surface area contributed by atoms with Gasteiger partial charge < -0.3 is 21.4 Å². The van der Waals surface area contributed by atoms with Gasteiger partial charge in [0, 0.05) is 13.1 Å². The van der Waals surface area contributed by atoms with E-state index in [4.69, 9.17) is 11.5 Å². The van der Waals surface area contributed by atoms with E-state index in [-0.39, 0.29) is 11.5 Å². The highest BCUT2D eigenvalue weighted by molar-refractivity contribution is 5.99. The van der Waals surface area contributed by atoms with E-state index in [1.165, 1.54) is 44.6 Å². The third-order valence-corrected chi connectivity index (χ3v) is 4.57. The smallest absolute Gasteiger partial charge is 0.271 e. The molecule has 1 saturated carbocycles. The summed E-state index contributed by atoms with van der Waals surface area (Å²) in [6.07, 6.45) is 10.7. The number of aromatic nitrogens is 4. The fraction of sp³-hybridized carbons (Fsp3) is 0.368. The van der Waals surface area contributed by atoms with Crippen molar-refractivity contribution in [2.24, 2.45) is 12.8 Å². The van der Waals surface area contributed by atoms with Gasteiger partial charge in [0.1, 0.15) is 11.3 Å². The summed E-state index contributed by atoms with van der Waals surface area (Å²) in [6.45, 7) is 0. The van der Waals surface area contributed by atoms with Crippen LogP contribution in [0.5, 0.6) is 0 Å². The minimum Gasteiger partial charge on any atom is -0.382 e. The molecule has 0 unspecified atom stereocenters. The van der Waals surface area contributed by atoms with Gasteiger partial charge in [0.25, 0.3) is 5.91 Å². The first-order valence-corrected chi connectivity index (χ1v) is 9.16. The molecule has 0 bridgehead atoms. The van der Waals surface area contributed by atoms with E-state index >= 15 is 0 Å². The van der Waals surface area contributed by atoms with Crippen LogP contribution in [0.3, 0.4) is 0 Å². The Morgan fingerprint density at radius 2 is 1.74 bits per heavy atom. The highest BCUT2D eigenvalue weighted by atomic mass is 16.1. The molecule has 1 fully saturated rings. The standard InChI is InChI=1S/C13H13N7O.C6H12/c1-20-6-16-11-7(3-2-4-9(11)20)17-8-5-10(14)18-19-12(8)13(15)21;1-2-4-6-5-3-1/h2-6H,1H3,(H2,15,21)(H3,14,17,18);1-6H2. The van der Waals surface area contributed by atoms with Gasteiger partial charge in [0.15, 0.2) is 5.69 Å². The van der Waals surface area contributed by atoms with Crippen LogP contribution in [0, 0.1) is 0 Å². The number of nitrogen functional groups attached to an aromatic ring is 1. The number of anilines is 3. The maximum atomic E-state index is 11.4. The summed E-state index contributed by atoms with van der Waals surface area (Å²) in [4.78, 5) is 15.7. The van der Waals surface area contributed by atoms with E-state index in [1.54, 1.807) is 6.33 Å². The van der Waals surface area contributed by atoms with Crippen molar-refractivity contribution < 1.29 is 4.79 Å². The summed E-state index contributed by atoms with van der Waals surface area (Å²) in [5, 5.41) is 10.4. The fourth-order valence-electron chi connectivity index (χ4n) is 3.15. The van der Waals surface area contributed by atoms with E-state index in [1.807, 2.05) is 29.8 Å². The number of nitrogens with zero attached hydrogens (tertiary/aromatic N) is 4. The third-order valence-electron chi connectivity index (χ3n) is 4.57. The van der Waals surface area contributed by atoms with Crippen molar-refractivity contribution in [1.82, 2.24) is 19.7 Å². The largest absolute Gasteiger partial charge is 0.382 e. The first-order chi connectivity index (χ1) is 13.1. The lowest BCUT2D eigenvalue weighted by molar-refractivity contribution is 0.0995. The van der Waals surface area contributed by atoms with E-state index in [2.05, 4.69) is 20.5 Å². The Balaban J connectivity index is 0.000000299. The van der Waals surface area contributed by atoms with Crippen LogP contribution in [0.25, 0.3) is 11.0 Å². The highest BCUT2D eigenvalue weighted by Crippen LogP contribution is 2.26. The Labute approximate surface area is 158 Å². The number of amides is 1. The SMILES string of the molecule is C1CCCCC1.Cn1cnc2c(Nc3cc(N)nnc3C(N)=O)cccc21. The zero-order valence-corrected chi connectivity index (χ0v) is 15.5. The highest BCUT2D eigenvalue weighted by Gasteiger charge is 2.14. The molecular formula is C19H25N7O. The third kappa shape index (κ3) is 4.52. The molecule has 4 rings (SSSR count). The lowest BCUT2D eigenvalue weighted by atomic mass is 10.0. The lowest BCUT2D eigenvalue weighted by Crippen LogP contribution is -2.17. The molecule has 1 amide bonds. The number of imidazole rings is 1. The van der Waals surface area contributed by atoms with Crippen LogP contribution in [0.1, 0.15) is 49.0 Å². The molecule has 0 radical (unpaired) electrons. The van der Waals surface area contributed by atoms with E-state index in [0.717, 1.165) is 16.7 Å². The topological polar surface area (TPSA) is 125 Å². The zero-order chi connectivity index (χ0) is 19.2. The number of hydrogen-bond acceptors (Lipinski definition) is 6. The average Bonchev–Trinajstić information content (AvgIpc) is 3.06. The average molecular weight is 367 g/mol. The Kier molecular flexibility index (Phi) is 5.85. The van der Waals surface area contributed by atoms with Gasteiger partial charge in [0.05, 0.1) is 23.2 Å². The second kappa shape index (κ2) is 8.48. The Hall–Kier alpha value is -3.16. The Morgan fingerprint density at radius 1 is 1.07 bits per heavy atom. The number of carbonyl (C=O) groups is 1.